The molecule has 58 valence electrons. The highest BCUT2D eigenvalue weighted by Gasteiger charge is 2.28. The first-order valence-electron chi connectivity index (χ1n) is 4.30. The molecule has 1 N–H and O–H groups in total. The summed E-state index contributed by atoms with van der Waals surface area (Å²) in [6.07, 6.45) is 4.93. The second-order valence-electron chi connectivity index (χ2n) is 3.65. The Morgan fingerprint density at radius 3 is 3.30 bits per heavy atom. The molecule has 2 bridgehead atoms. The van der Waals surface area contributed by atoms with Crippen molar-refractivity contribution in [3.8, 4) is 0 Å². The molecular weight excluding hydrogens is 124 g/mol. The van der Waals surface area contributed by atoms with Crippen molar-refractivity contribution in [1.29, 1.82) is 0 Å². The summed E-state index contributed by atoms with van der Waals surface area (Å²) in [6, 6.07) is 0. The first-order chi connectivity index (χ1) is 4.86. The van der Waals surface area contributed by atoms with Crippen LogP contribution in [0.4, 0.5) is 0 Å². The van der Waals surface area contributed by atoms with Crippen molar-refractivity contribution in [3.05, 3.63) is 0 Å². The van der Waals surface area contributed by atoms with E-state index in [1.807, 2.05) is 0 Å². The van der Waals surface area contributed by atoms with Gasteiger partial charge in [-0.05, 0) is 45.3 Å². The Hall–Kier alpha value is -0.0800. The maximum absolute atomic E-state index is 3.53. The lowest BCUT2D eigenvalue weighted by atomic mass is 10.0. The number of nitrogens with one attached hydrogen (secondary N) is 1. The number of rotatable bonds is 0. The Kier molecular flexibility index (Phi) is 1.66. The fourth-order valence-electron chi connectivity index (χ4n) is 2.13. The third-order valence-electron chi connectivity index (χ3n) is 2.85. The topological polar surface area (TPSA) is 15.3 Å². The molecule has 0 aromatic heterocycles. The van der Waals surface area contributed by atoms with Crippen LogP contribution >= 0.6 is 0 Å². The van der Waals surface area contributed by atoms with Crippen LogP contribution in [-0.4, -0.2) is 31.2 Å². The van der Waals surface area contributed by atoms with E-state index in [1.54, 1.807) is 0 Å². The van der Waals surface area contributed by atoms with Gasteiger partial charge in [0.15, 0.2) is 0 Å². The van der Waals surface area contributed by atoms with Gasteiger partial charge in [0.05, 0.1) is 6.17 Å². The number of hydrogen-bond donors (Lipinski definition) is 1. The van der Waals surface area contributed by atoms with E-state index in [9.17, 15) is 0 Å². The first kappa shape index (κ1) is 6.62. The lowest BCUT2D eigenvalue weighted by Gasteiger charge is -2.22. The maximum atomic E-state index is 3.53. The maximum Gasteiger partial charge on any atom is 0.0597 e. The molecule has 2 atom stereocenters. The quantitative estimate of drug-likeness (QED) is 0.531. The Bertz CT molecular complexity index is 124. The lowest BCUT2D eigenvalue weighted by molar-refractivity contribution is 0.231. The van der Waals surface area contributed by atoms with E-state index in [4.69, 9.17) is 0 Å². The zero-order valence-corrected chi connectivity index (χ0v) is 6.64. The van der Waals surface area contributed by atoms with Crippen molar-refractivity contribution in [1.82, 2.24) is 10.2 Å². The molecule has 0 aromatic rings. The highest BCUT2D eigenvalue weighted by molar-refractivity contribution is 4.83. The monoisotopic (exact) mass is 140 g/mol. The number of hydrogen-bond acceptors (Lipinski definition) is 2. The van der Waals surface area contributed by atoms with Crippen LogP contribution in [0, 0.1) is 5.92 Å². The summed E-state index contributed by atoms with van der Waals surface area (Å²) in [7, 11) is 2.23. The molecule has 2 aliphatic rings. The van der Waals surface area contributed by atoms with E-state index < -0.39 is 0 Å². The van der Waals surface area contributed by atoms with Gasteiger partial charge in [-0.25, -0.2) is 0 Å². The predicted molar refractivity (Wildman–Crippen MR) is 41.8 cm³/mol. The molecule has 0 aromatic carbocycles. The third kappa shape index (κ3) is 1.06. The zero-order chi connectivity index (χ0) is 6.97. The average Bonchev–Trinajstić information content (AvgIpc) is 2.27. The smallest absolute Gasteiger partial charge is 0.0597 e. The molecule has 2 heteroatoms. The van der Waals surface area contributed by atoms with Gasteiger partial charge in [0.1, 0.15) is 0 Å². The van der Waals surface area contributed by atoms with Crippen LogP contribution in [0.3, 0.4) is 0 Å². The molecule has 0 amide bonds. The van der Waals surface area contributed by atoms with Crippen LogP contribution in [-0.2, 0) is 0 Å². The number of fused-ring (bicyclic) bond motifs is 2. The molecular formula is C8H16N2. The second-order valence-corrected chi connectivity index (χ2v) is 3.65. The highest BCUT2D eigenvalue weighted by Crippen LogP contribution is 2.24. The van der Waals surface area contributed by atoms with E-state index >= 15 is 0 Å². The van der Waals surface area contributed by atoms with Crippen molar-refractivity contribution >= 4 is 0 Å². The van der Waals surface area contributed by atoms with Crippen molar-refractivity contribution in [3.63, 3.8) is 0 Å². The summed E-state index contributed by atoms with van der Waals surface area (Å²) in [6.45, 7) is 2.54. The molecule has 10 heavy (non-hydrogen) atoms. The molecule has 0 saturated carbocycles. The van der Waals surface area contributed by atoms with E-state index in [-0.39, 0.29) is 0 Å². The molecule has 2 fully saturated rings. The van der Waals surface area contributed by atoms with Crippen LogP contribution in [0.2, 0.25) is 0 Å². The molecule has 2 saturated heterocycles. The molecule has 0 radical (unpaired) electrons. The molecule has 0 aliphatic carbocycles. The second kappa shape index (κ2) is 2.51. The fourth-order valence-corrected chi connectivity index (χ4v) is 2.13. The van der Waals surface area contributed by atoms with Gasteiger partial charge in [-0.3, -0.25) is 4.90 Å². The highest BCUT2D eigenvalue weighted by atomic mass is 15.3. The normalized spacial score (nSPS) is 41.7. The van der Waals surface area contributed by atoms with Gasteiger partial charge in [-0.1, -0.05) is 0 Å². The number of likely N-dealkylation sites (tertiary alicyclic amines) is 1. The summed E-state index contributed by atoms with van der Waals surface area (Å²) in [5.41, 5.74) is 0. The molecule has 2 heterocycles. The molecule has 2 unspecified atom stereocenters. The van der Waals surface area contributed by atoms with Gasteiger partial charge < -0.3 is 5.32 Å². The van der Waals surface area contributed by atoms with Gasteiger partial charge in [-0.2, -0.15) is 0 Å². The summed E-state index contributed by atoms with van der Waals surface area (Å²) < 4.78 is 0. The van der Waals surface area contributed by atoms with Crippen LogP contribution in [0.1, 0.15) is 19.3 Å². The minimum atomic E-state index is 0.701. The SMILES string of the molecule is CN1CCCC2CNC1C2. The van der Waals surface area contributed by atoms with Gasteiger partial charge in [0.2, 0.25) is 0 Å². The largest absolute Gasteiger partial charge is 0.301 e. The van der Waals surface area contributed by atoms with Crippen molar-refractivity contribution in [2.45, 2.75) is 25.4 Å². The van der Waals surface area contributed by atoms with Crippen LogP contribution in [0.15, 0.2) is 0 Å². The Morgan fingerprint density at radius 1 is 1.50 bits per heavy atom. The van der Waals surface area contributed by atoms with Gasteiger partial charge >= 0.3 is 0 Å². The summed E-state index contributed by atoms with van der Waals surface area (Å²) in [5.74, 6) is 0.981. The summed E-state index contributed by atoms with van der Waals surface area (Å²) in [5, 5.41) is 3.53. The van der Waals surface area contributed by atoms with Crippen LogP contribution < -0.4 is 5.32 Å². The van der Waals surface area contributed by atoms with Gasteiger partial charge in [-0.15, -0.1) is 0 Å². The van der Waals surface area contributed by atoms with Gasteiger partial charge in [0, 0.05) is 0 Å². The lowest BCUT2D eigenvalue weighted by Crippen LogP contribution is -2.39. The minimum absolute atomic E-state index is 0.701. The zero-order valence-electron chi connectivity index (χ0n) is 6.64. The molecule has 2 nitrogen and oxygen atoms in total. The van der Waals surface area contributed by atoms with Crippen molar-refractivity contribution < 1.29 is 0 Å². The van der Waals surface area contributed by atoms with Crippen LogP contribution in [0.25, 0.3) is 0 Å². The Morgan fingerprint density at radius 2 is 2.40 bits per heavy atom. The van der Waals surface area contributed by atoms with Gasteiger partial charge in [0.25, 0.3) is 0 Å². The molecule has 2 rings (SSSR count). The van der Waals surface area contributed by atoms with E-state index in [0.29, 0.717) is 6.17 Å². The standard InChI is InChI=1S/C8H16N2/c1-10-4-2-3-7-5-8(10)9-6-7/h7-9H,2-6H2,1H3. The Balaban J connectivity index is 2.03. The summed E-state index contributed by atoms with van der Waals surface area (Å²) >= 11 is 0. The first-order valence-corrected chi connectivity index (χ1v) is 4.30. The number of nitrogens with zero attached hydrogens (tertiary/aromatic N) is 1. The summed E-state index contributed by atoms with van der Waals surface area (Å²) in [4.78, 5) is 2.45. The van der Waals surface area contributed by atoms with E-state index in [2.05, 4.69) is 17.3 Å². The fraction of sp³-hybridized carbons (Fsp3) is 1.00. The van der Waals surface area contributed by atoms with E-state index in [1.165, 1.54) is 32.4 Å². The third-order valence-corrected chi connectivity index (χ3v) is 2.85. The minimum Gasteiger partial charge on any atom is -0.301 e. The average molecular weight is 140 g/mol. The van der Waals surface area contributed by atoms with Crippen molar-refractivity contribution in [2.24, 2.45) is 5.92 Å². The van der Waals surface area contributed by atoms with E-state index in [0.717, 1.165) is 5.92 Å². The Labute approximate surface area is 62.6 Å². The predicted octanol–water partition coefficient (Wildman–Crippen LogP) is 0.648. The molecule has 0 spiro atoms. The molecule has 2 aliphatic heterocycles. The van der Waals surface area contributed by atoms with Crippen LogP contribution in [0.5, 0.6) is 0 Å². The van der Waals surface area contributed by atoms with Crippen molar-refractivity contribution in [2.75, 3.05) is 20.1 Å².